The van der Waals surface area contributed by atoms with Gasteiger partial charge in [0, 0.05) is 20.6 Å². The van der Waals surface area contributed by atoms with Crippen molar-refractivity contribution in [3.63, 3.8) is 0 Å². The molecule has 4 heteroatoms. The van der Waals surface area contributed by atoms with Crippen LogP contribution >= 0.6 is 0 Å². The molecule has 0 saturated carbocycles. The lowest BCUT2D eigenvalue weighted by atomic mass is 10.2. The third-order valence-electron chi connectivity index (χ3n) is 2.25. The van der Waals surface area contributed by atoms with Crippen molar-refractivity contribution < 1.29 is 9.90 Å². The largest absolute Gasteiger partial charge is 0.392 e. The third kappa shape index (κ3) is 1.76. The van der Waals surface area contributed by atoms with Gasteiger partial charge in [-0.05, 0) is 13.5 Å². The number of likely N-dealkylation sites (N-methyl/N-ethyl adjacent to an activating group) is 2. The maximum Gasteiger partial charge on any atom is 0.239 e. The van der Waals surface area contributed by atoms with Gasteiger partial charge < -0.3 is 10.0 Å². The normalized spacial score (nSPS) is 30.7. The van der Waals surface area contributed by atoms with Gasteiger partial charge in [-0.25, -0.2) is 0 Å². The number of aliphatic hydroxyl groups is 1. The number of amides is 1. The van der Waals surface area contributed by atoms with Gasteiger partial charge in [0.15, 0.2) is 0 Å². The van der Waals surface area contributed by atoms with Crippen molar-refractivity contribution in [2.75, 3.05) is 27.7 Å². The van der Waals surface area contributed by atoms with E-state index in [-0.39, 0.29) is 18.1 Å². The van der Waals surface area contributed by atoms with Gasteiger partial charge in [-0.1, -0.05) is 0 Å². The van der Waals surface area contributed by atoms with Crippen LogP contribution < -0.4 is 0 Å². The lowest BCUT2D eigenvalue weighted by Gasteiger charge is -2.21. The number of rotatable bonds is 1. The summed E-state index contributed by atoms with van der Waals surface area (Å²) in [5, 5.41) is 9.29. The molecule has 1 heterocycles. The molecule has 0 aromatic heterocycles. The zero-order chi connectivity index (χ0) is 9.30. The average molecular weight is 172 g/mol. The predicted molar refractivity (Wildman–Crippen MR) is 45.7 cm³/mol. The number of carbonyl (C=O) groups is 1. The molecule has 12 heavy (non-hydrogen) atoms. The minimum atomic E-state index is -0.344. The van der Waals surface area contributed by atoms with Crippen molar-refractivity contribution in [1.29, 1.82) is 0 Å². The first kappa shape index (κ1) is 9.48. The number of carbonyl (C=O) groups excluding carboxylic acids is 1. The van der Waals surface area contributed by atoms with Crippen molar-refractivity contribution in [2.45, 2.75) is 18.6 Å². The lowest BCUT2D eigenvalue weighted by Crippen LogP contribution is -2.40. The number of hydrogen-bond donors (Lipinski definition) is 1. The Labute approximate surface area is 72.8 Å². The Kier molecular flexibility index (Phi) is 2.69. The molecule has 1 rings (SSSR count). The van der Waals surface area contributed by atoms with E-state index in [1.54, 1.807) is 19.0 Å². The highest BCUT2D eigenvalue weighted by Crippen LogP contribution is 2.16. The lowest BCUT2D eigenvalue weighted by molar-refractivity contribution is -0.133. The van der Waals surface area contributed by atoms with Crippen LogP contribution in [0, 0.1) is 0 Å². The fraction of sp³-hybridized carbons (Fsp3) is 0.875. The second kappa shape index (κ2) is 3.41. The van der Waals surface area contributed by atoms with Crippen LogP contribution in [-0.4, -0.2) is 60.6 Å². The Morgan fingerprint density at radius 3 is 2.50 bits per heavy atom. The first-order valence-corrected chi connectivity index (χ1v) is 4.12. The van der Waals surface area contributed by atoms with E-state index in [4.69, 9.17) is 0 Å². The summed E-state index contributed by atoms with van der Waals surface area (Å²) in [5.41, 5.74) is 0. The van der Waals surface area contributed by atoms with Crippen LogP contribution in [0.5, 0.6) is 0 Å². The molecule has 1 saturated heterocycles. The minimum Gasteiger partial charge on any atom is -0.392 e. The zero-order valence-corrected chi connectivity index (χ0v) is 7.82. The van der Waals surface area contributed by atoms with E-state index in [9.17, 15) is 9.90 Å². The molecule has 1 aliphatic heterocycles. The number of hydrogen-bond acceptors (Lipinski definition) is 3. The fourth-order valence-corrected chi connectivity index (χ4v) is 1.56. The van der Waals surface area contributed by atoms with E-state index in [1.807, 2.05) is 11.9 Å². The molecule has 2 atom stereocenters. The standard InChI is InChI=1S/C8H16N2O2/c1-9(2)8(12)7-4-6(11)5-10(7)3/h6-7,11H,4-5H2,1-3H3/t6-,7+/m1/s1. The van der Waals surface area contributed by atoms with E-state index < -0.39 is 0 Å². The summed E-state index contributed by atoms with van der Waals surface area (Å²) in [6.45, 7) is 0.601. The highest BCUT2D eigenvalue weighted by molar-refractivity contribution is 5.81. The first-order valence-electron chi connectivity index (χ1n) is 4.12. The molecule has 0 aliphatic carbocycles. The Morgan fingerprint density at radius 2 is 2.17 bits per heavy atom. The molecule has 0 spiro atoms. The van der Waals surface area contributed by atoms with Crippen LogP contribution in [-0.2, 0) is 4.79 Å². The van der Waals surface area contributed by atoms with Crippen molar-refractivity contribution >= 4 is 5.91 Å². The summed E-state index contributed by atoms with van der Waals surface area (Å²) >= 11 is 0. The smallest absolute Gasteiger partial charge is 0.239 e. The maximum atomic E-state index is 11.5. The molecule has 70 valence electrons. The number of β-amino-alcohol motifs (C(OH)–C–C–N with tert-alkyl or cyclic N) is 1. The monoisotopic (exact) mass is 172 g/mol. The molecular weight excluding hydrogens is 156 g/mol. The van der Waals surface area contributed by atoms with Gasteiger partial charge in [0.2, 0.25) is 5.91 Å². The Hall–Kier alpha value is -0.610. The van der Waals surface area contributed by atoms with Crippen molar-refractivity contribution in [3.8, 4) is 0 Å². The van der Waals surface area contributed by atoms with Crippen molar-refractivity contribution in [3.05, 3.63) is 0 Å². The van der Waals surface area contributed by atoms with Crippen LogP contribution in [0.15, 0.2) is 0 Å². The van der Waals surface area contributed by atoms with Crippen LogP contribution in [0.2, 0.25) is 0 Å². The number of likely N-dealkylation sites (tertiary alicyclic amines) is 1. The molecule has 1 amide bonds. The topological polar surface area (TPSA) is 43.8 Å². The van der Waals surface area contributed by atoms with Gasteiger partial charge in [-0.15, -0.1) is 0 Å². The van der Waals surface area contributed by atoms with E-state index in [0.717, 1.165) is 0 Å². The average Bonchev–Trinajstić information content (AvgIpc) is 2.28. The Morgan fingerprint density at radius 1 is 1.58 bits per heavy atom. The van der Waals surface area contributed by atoms with E-state index in [1.165, 1.54) is 0 Å². The molecule has 4 nitrogen and oxygen atoms in total. The molecule has 1 aliphatic rings. The van der Waals surface area contributed by atoms with E-state index in [2.05, 4.69) is 0 Å². The molecule has 0 unspecified atom stereocenters. The maximum absolute atomic E-state index is 11.5. The van der Waals surface area contributed by atoms with Crippen LogP contribution in [0.1, 0.15) is 6.42 Å². The molecule has 1 N–H and O–H groups in total. The summed E-state index contributed by atoms with van der Waals surface area (Å²) in [6.07, 6.45) is 0.219. The Balaban J connectivity index is 2.58. The van der Waals surface area contributed by atoms with Gasteiger partial charge >= 0.3 is 0 Å². The molecule has 1 fully saturated rings. The van der Waals surface area contributed by atoms with Gasteiger partial charge in [-0.2, -0.15) is 0 Å². The molecule has 0 radical (unpaired) electrons. The third-order valence-corrected chi connectivity index (χ3v) is 2.25. The van der Waals surface area contributed by atoms with Crippen LogP contribution in [0.25, 0.3) is 0 Å². The number of aliphatic hydroxyl groups excluding tert-OH is 1. The summed E-state index contributed by atoms with van der Waals surface area (Å²) in [6, 6.07) is -0.130. The van der Waals surface area contributed by atoms with Crippen molar-refractivity contribution in [1.82, 2.24) is 9.80 Å². The first-order chi connectivity index (χ1) is 5.52. The second-order valence-electron chi connectivity index (χ2n) is 3.58. The zero-order valence-electron chi connectivity index (χ0n) is 7.82. The van der Waals surface area contributed by atoms with Gasteiger partial charge in [0.05, 0.1) is 12.1 Å². The van der Waals surface area contributed by atoms with Crippen LogP contribution in [0.3, 0.4) is 0 Å². The van der Waals surface area contributed by atoms with Gasteiger partial charge in [0.25, 0.3) is 0 Å². The molecule has 0 bridgehead atoms. The molecule has 0 aromatic carbocycles. The molecule has 0 aromatic rings. The van der Waals surface area contributed by atoms with Crippen LogP contribution in [0.4, 0.5) is 0 Å². The summed E-state index contributed by atoms with van der Waals surface area (Å²) < 4.78 is 0. The summed E-state index contributed by atoms with van der Waals surface area (Å²) in [4.78, 5) is 14.9. The van der Waals surface area contributed by atoms with Crippen molar-refractivity contribution in [2.24, 2.45) is 0 Å². The SMILES string of the molecule is CN(C)C(=O)[C@@H]1C[C@@H](O)CN1C. The van der Waals surface area contributed by atoms with Gasteiger partial charge in [0.1, 0.15) is 0 Å². The predicted octanol–water partition coefficient (Wildman–Crippen LogP) is -0.860. The quantitative estimate of drug-likeness (QED) is 0.559. The summed E-state index contributed by atoms with van der Waals surface area (Å²) in [5.74, 6) is 0.0778. The highest BCUT2D eigenvalue weighted by Gasteiger charge is 2.33. The van der Waals surface area contributed by atoms with E-state index >= 15 is 0 Å². The van der Waals surface area contributed by atoms with E-state index in [0.29, 0.717) is 13.0 Å². The highest BCUT2D eigenvalue weighted by atomic mass is 16.3. The van der Waals surface area contributed by atoms with Gasteiger partial charge in [-0.3, -0.25) is 9.69 Å². The molecular formula is C8H16N2O2. The fourth-order valence-electron chi connectivity index (χ4n) is 1.56. The minimum absolute atomic E-state index is 0.0778. The number of nitrogens with zero attached hydrogens (tertiary/aromatic N) is 2. The second-order valence-corrected chi connectivity index (χ2v) is 3.58. The summed E-state index contributed by atoms with van der Waals surface area (Å²) in [7, 11) is 5.34. The Bertz CT molecular complexity index is 182.